The predicted molar refractivity (Wildman–Crippen MR) is 74.2 cm³/mol. The summed E-state index contributed by atoms with van der Waals surface area (Å²) in [6.45, 7) is 4.10. The van der Waals surface area contributed by atoms with Crippen molar-refractivity contribution in [1.82, 2.24) is 9.88 Å². The fourth-order valence-corrected chi connectivity index (χ4v) is 2.20. The smallest absolute Gasteiger partial charge is 0.257 e. The van der Waals surface area contributed by atoms with Gasteiger partial charge in [0.1, 0.15) is 5.82 Å². The van der Waals surface area contributed by atoms with Crippen LogP contribution in [-0.2, 0) is 0 Å². The fourth-order valence-electron chi connectivity index (χ4n) is 2.20. The Labute approximate surface area is 113 Å². The highest BCUT2D eigenvalue weighted by molar-refractivity contribution is 5.98. The van der Waals surface area contributed by atoms with Crippen LogP contribution in [0.15, 0.2) is 18.3 Å². The molecule has 0 atom stereocenters. The van der Waals surface area contributed by atoms with Crippen LogP contribution in [0.1, 0.15) is 36.5 Å². The van der Waals surface area contributed by atoms with Gasteiger partial charge in [0.2, 0.25) is 0 Å². The summed E-state index contributed by atoms with van der Waals surface area (Å²) >= 11 is 0. The number of amides is 1. The molecule has 0 saturated carbocycles. The predicted octanol–water partition coefficient (Wildman–Crippen LogP) is 1.50. The van der Waals surface area contributed by atoms with E-state index >= 15 is 0 Å². The van der Waals surface area contributed by atoms with Gasteiger partial charge in [0, 0.05) is 25.8 Å². The maximum atomic E-state index is 12.5. The summed E-state index contributed by atoms with van der Waals surface area (Å²) in [6.07, 6.45) is 3.72. The van der Waals surface area contributed by atoms with Gasteiger partial charge < -0.3 is 15.3 Å². The Morgan fingerprint density at radius 2 is 2.26 bits per heavy atom. The number of hydrogen-bond acceptors (Lipinski definition) is 4. The molecular weight excluding hydrogens is 242 g/mol. The van der Waals surface area contributed by atoms with Crippen LogP contribution in [0.3, 0.4) is 0 Å². The molecule has 5 heteroatoms. The third-order valence-electron chi connectivity index (χ3n) is 3.33. The van der Waals surface area contributed by atoms with Gasteiger partial charge >= 0.3 is 0 Å². The zero-order chi connectivity index (χ0) is 13.7. The molecule has 0 unspecified atom stereocenters. The van der Waals surface area contributed by atoms with E-state index in [1.165, 1.54) is 0 Å². The number of pyridine rings is 1. The number of anilines is 1. The summed E-state index contributed by atoms with van der Waals surface area (Å²) in [6, 6.07) is 3.58. The van der Waals surface area contributed by atoms with Crippen molar-refractivity contribution in [1.29, 1.82) is 0 Å². The number of piperidine rings is 1. The van der Waals surface area contributed by atoms with Gasteiger partial charge in [-0.25, -0.2) is 4.98 Å². The lowest BCUT2D eigenvalue weighted by Gasteiger charge is -2.30. The number of aliphatic hydroxyl groups is 1. The van der Waals surface area contributed by atoms with E-state index in [0.717, 1.165) is 13.0 Å². The number of nitrogens with one attached hydrogen (secondary N) is 1. The third-order valence-corrected chi connectivity index (χ3v) is 3.33. The van der Waals surface area contributed by atoms with Gasteiger partial charge in [-0.15, -0.1) is 0 Å². The summed E-state index contributed by atoms with van der Waals surface area (Å²) in [5, 5.41) is 12.7. The monoisotopic (exact) mass is 263 g/mol. The molecule has 0 aliphatic carbocycles. The molecule has 1 aromatic heterocycles. The van der Waals surface area contributed by atoms with Crippen molar-refractivity contribution in [3.63, 3.8) is 0 Å². The Balaban J connectivity index is 2.09. The molecule has 19 heavy (non-hydrogen) atoms. The first-order valence-corrected chi connectivity index (χ1v) is 6.88. The lowest BCUT2D eigenvalue weighted by molar-refractivity contribution is 0.0547. The molecule has 2 N–H and O–H groups in total. The summed E-state index contributed by atoms with van der Waals surface area (Å²) in [7, 11) is 0. The maximum Gasteiger partial charge on any atom is 0.257 e. The average molecular weight is 263 g/mol. The number of nitrogens with zero attached hydrogens (tertiary/aromatic N) is 2. The molecule has 104 valence electrons. The molecule has 2 rings (SSSR count). The molecular formula is C14H21N3O2. The molecule has 0 radical (unpaired) electrons. The highest BCUT2D eigenvalue weighted by atomic mass is 16.3. The van der Waals surface area contributed by atoms with Gasteiger partial charge in [-0.3, -0.25) is 4.79 Å². The highest BCUT2D eigenvalue weighted by Gasteiger charge is 2.24. The van der Waals surface area contributed by atoms with E-state index in [2.05, 4.69) is 17.2 Å². The Morgan fingerprint density at radius 3 is 2.95 bits per heavy atom. The molecule has 0 aromatic carbocycles. The minimum absolute atomic E-state index is 0.00129. The van der Waals surface area contributed by atoms with Crippen LogP contribution >= 0.6 is 0 Å². The second kappa shape index (κ2) is 6.52. The van der Waals surface area contributed by atoms with E-state index in [0.29, 0.717) is 37.3 Å². The molecule has 5 nitrogen and oxygen atoms in total. The van der Waals surface area contributed by atoms with Crippen LogP contribution in [0, 0.1) is 0 Å². The number of likely N-dealkylation sites (tertiary alicyclic amines) is 1. The number of rotatable bonds is 4. The van der Waals surface area contributed by atoms with Gasteiger partial charge in [-0.1, -0.05) is 6.92 Å². The molecule has 0 bridgehead atoms. The number of aliphatic hydroxyl groups excluding tert-OH is 1. The number of hydrogen-bond donors (Lipinski definition) is 2. The zero-order valence-corrected chi connectivity index (χ0v) is 11.3. The van der Waals surface area contributed by atoms with E-state index in [1.807, 2.05) is 0 Å². The van der Waals surface area contributed by atoms with Gasteiger partial charge in [0.05, 0.1) is 11.7 Å². The first-order valence-electron chi connectivity index (χ1n) is 6.88. The molecule has 1 fully saturated rings. The minimum atomic E-state index is -0.268. The summed E-state index contributed by atoms with van der Waals surface area (Å²) in [5.74, 6) is 0.652. The standard InChI is InChI=1S/C14H21N3O2/c1-2-7-15-13-12(4-3-8-16-13)14(19)17-9-5-11(18)6-10-17/h3-4,8,11,18H,2,5-7,9-10H2,1H3,(H,15,16). The first kappa shape index (κ1) is 13.8. The average Bonchev–Trinajstić information content (AvgIpc) is 2.45. The van der Waals surface area contributed by atoms with E-state index in [-0.39, 0.29) is 12.0 Å². The lowest BCUT2D eigenvalue weighted by atomic mass is 10.1. The molecule has 0 spiro atoms. The van der Waals surface area contributed by atoms with Crippen LogP contribution < -0.4 is 5.32 Å². The van der Waals surface area contributed by atoms with E-state index in [1.54, 1.807) is 23.2 Å². The Kier molecular flexibility index (Phi) is 4.74. The fraction of sp³-hybridized carbons (Fsp3) is 0.571. The van der Waals surface area contributed by atoms with Gasteiger partial charge in [-0.2, -0.15) is 0 Å². The summed E-state index contributed by atoms with van der Waals surface area (Å²) in [5.41, 5.74) is 0.618. The van der Waals surface area contributed by atoms with Crippen LogP contribution in [0.2, 0.25) is 0 Å². The quantitative estimate of drug-likeness (QED) is 0.864. The molecule has 1 aromatic rings. The second-order valence-corrected chi connectivity index (χ2v) is 4.85. The van der Waals surface area contributed by atoms with Crippen molar-refractivity contribution in [2.24, 2.45) is 0 Å². The molecule has 1 saturated heterocycles. The number of aromatic nitrogens is 1. The highest BCUT2D eigenvalue weighted by Crippen LogP contribution is 2.18. The van der Waals surface area contributed by atoms with Crippen molar-refractivity contribution >= 4 is 11.7 Å². The van der Waals surface area contributed by atoms with Crippen molar-refractivity contribution in [3.05, 3.63) is 23.9 Å². The van der Waals surface area contributed by atoms with Crippen molar-refractivity contribution in [2.45, 2.75) is 32.3 Å². The lowest BCUT2D eigenvalue weighted by Crippen LogP contribution is -2.40. The molecule has 1 amide bonds. The maximum absolute atomic E-state index is 12.5. The van der Waals surface area contributed by atoms with Crippen molar-refractivity contribution < 1.29 is 9.90 Å². The normalized spacial score (nSPS) is 16.4. The third kappa shape index (κ3) is 3.44. The largest absolute Gasteiger partial charge is 0.393 e. The molecule has 1 aliphatic heterocycles. The topological polar surface area (TPSA) is 65.5 Å². The summed E-state index contributed by atoms with van der Waals surface area (Å²) in [4.78, 5) is 18.5. The second-order valence-electron chi connectivity index (χ2n) is 4.85. The Morgan fingerprint density at radius 1 is 1.53 bits per heavy atom. The van der Waals surface area contributed by atoms with Crippen molar-refractivity contribution in [3.8, 4) is 0 Å². The zero-order valence-electron chi connectivity index (χ0n) is 11.3. The van der Waals surface area contributed by atoms with Crippen LogP contribution in [-0.4, -0.2) is 46.6 Å². The van der Waals surface area contributed by atoms with E-state index in [4.69, 9.17) is 0 Å². The van der Waals surface area contributed by atoms with Gasteiger partial charge in [0.15, 0.2) is 0 Å². The number of carbonyl (C=O) groups excluding carboxylic acids is 1. The van der Waals surface area contributed by atoms with Crippen LogP contribution in [0.5, 0.6) is 0 Å². The van der Waals surface area contributed by atoms with E-state index < -0.39 is 0 Å². The van der Waals surface area contributed by atoms with Crippen LogP contribution in [0.4, 0.5) is 5.82 Å². The first-order chi connectivity index (χ1) is 9.22. The summed E-state index contributed by atoms with van der Waals surface area (Å²) < 4.78 is 0. The Hall–Kier alpha value is -1.62. The number of carbonyl (C=O) groups is 1. The van der Waals surface area contributed by atoms with Crippen LogP contribution in [0.25, 0.3) is 0 Å². The molecule has 2 heterocycles. The SMILES string of the molecule is CCCNc1ncccc1C(=O)N1CCC(O)CC1. The van der Waals surface area contributed by atoms with Gasteiger partial charge in [-0.05, 0) is 31.4 Å². The Bertz CT molecular complexity index is 428. The minimum Gasteiger partial charge on any atom is -0.393 e. The van der Waals surface area contributed by atoms with E-state index in [9.17, 15) is 9.90 Å². The van der Waals surface area contributed by atoms with Crippen molar-refractivity contribution in [2.75, 3.05) is 25.0 Å². The van der Waals surface area contributed by atoms with Gasteiger partial charge in [0.25, 0.3) is 5.91 Å². The molecule has 1 aliphatic rings.